The van der Waals surface area contributed by atoms with E-state index < -0.39 is 29.4 Å². The molecule has 0 bridgehead atoms. The predicted octanol–water partition coefficient (Wildman–Crippen LogP) is 2.71. The lowest BCUT2D eigenvalue weighted by Crippen LogP contribution is -2.26. The molecule has 0 aromatic heterocycles. The van der Waals surface area contributed by atoms with Gasteiger partial charge in [-0.1, -0.05) is 12.1 Å². The summed E-state index contributed by atoms with van der Waals surface area (Å²) in [6.07, 6.45) is 0.0619. The van der Waals surface area contributed by atoms with Crippen LogP contribution in [0.15, 0.2) is 53.4 Å². The summed E-state index contributed by atoms with van der Waals surface area (Å²) in [6, 6.07) is 11.4. The third kappa shape index (κ3) is 4.28. The van der Waals surface area contributed by atoms with Gasteiger partial charge in [0.2, 0.25) is 11.8 Å². The number of likely N-dealkylation sites (tertiary alicyclic amines) is 1. The zero-order valence-corrected chi connectivity index (χ0v) is 15.7. The van der Waals surface area contributed by atoms with E-state index in [1.54, 1.807) is 18.2 Å². The number of hydrogen-bond donors (Lipinski definition) is 0. The molecule has 2 aromatic rings. The fraction of sp³-hybridized carbons (Fsp3) is 0.200. The summed E-state index contributed by atoms with van der Waals surface area (Å²) in [7, 11) is 1.42. The van der Waals surface area contributed by atoms with Gasteiger partial charge in [-0.15, -0.1) is 11.8 Å². The van der Waals surface area contributed by atoms with Crippen LogP contribution >= 0.6 is 11.8 Å². The fourth-order valence-corrected chi connectivity index (χ4v) is 3.86. The number of halogens is 1. The molecule has 1 aliphatic rings. The van der Waals surface area contributed by atoms with Gasteiger partial charge in [-0.25, -0.2) is 9.18 Å². The molecule has 1 aliphatic heterocycles. The van der Waals surface area contributed by atoms with E-state index in [2.05, 4.69) is 0 Å². The first kappa shape index (κ1) is 19.8. The number of ketones is 1. The van der Waals surface area contributed by atoms with Crippen LogP contribution in [-0.4, -0.2) is 47.4 Å². The molecule has 2 aromatic carbocycles. The maximum absolute atomic E-state index is 12.9. The van der Waals surface area contributed by atoms with Crippen molar-refractivity contribution in [3.05, 3.63) is 65.5 Å². The molecule has 0 N–H and O–H groups in total. The van der Waals surface area contributed by atoms with Crippen LogP contribution in [0.1, 0.15) is 27.1 Å². The van der Waals surface area contributed by atoms with Crippen molar-refractivity contribution in [2.24, 2.45) is 0 Å². The van der Waals surface area contributed by atoms with Gasteiger partial charge in [0.15, 0.2) is 12.4 Å². The number of carbonyl (C=O) groups excluding carboxylic acids is 4. The van der Waals surface area contributed by atoms with Gasteiger partial charge in [-0.3, -0.25) is 19.3 Å². The second-order valence-electron chi connectivity index (χ2n) is 6.10. The fourth-order valence-electron chi connectivity index (χ4n) is 2.63. The Morgan fingerprint density at radius 3 is 2.46 bits per heavy atom. The summed E-state index contributed by atoms with van der Waals surface area (Å²) in [4.78, 5) is 49.8. The molecular weight excluding hydrogens is 385 g/mol. The van der Waals surface area contributed by atoms with Crippen molar-refractivity contribution < 1.29 is 28.3 Å². The largest absolute Gasteiger partial charge is 0.454 e. The maximum Gasteiger partial charge on any atom is 0.339 e. The minimum atomic E-state index is -0.719. The number of imide groups is 1. The van der Waals surface area contributed by atoms with E-state index in [0.29, 0.717) is 4.90 Å². The number of thioether (sulfide) groups is 1. The zero-order valence-electron chi connectivity index (χ0n) is 14.9. The van der Waals surface area contributed by atoms with E-state index in [-0.39, 0.29) is 29.4 Å². The van der Waals surface area contributed by atoms with Gasteiger partial charge in [0.1, 0.15) is 5.82 Å². The van der Waals surface area contributed by atoms with E-state index >= 15 is 0 Å². The molecule has 1 heterocycles. The zero-order chi connectivity index (χ0) is 20.3. The predicted molar refractivity (Wildman–Crippen MR) is 99.5 cm³/mol. The van der Waals surface area contributed by atoms with E-state index in [0.717, 1.165) is 28.8 Å². The molecule has 144 valence electrons. The van der Waals surface area contributed by atoms with Crippen molar-refractivity contribution in [1.29, 1.82) is 0 Å². The van der Waals surface area contributed by atoms with Crippen LogP contribution < -0.4 is 0 Å². The average molecular weight is 401 g/mol. The lowest BCUT2D eigenvalue weighted by molar-refractivity contribution is -0.136. The lowest BCUT2D eigenvalue weighted by atomic mass is 10.1. The number of hydrogen-bond acceptors (Lipinski definition) is 6. The molecule has 28 heavy (non-hydrogen) atoms. The second kappa shape index (κ2) is 8.35. The van der Waals surface area contributed by atoms with Crippen molar-refractivity contribution in [3.8, 4) is 0 Å². The molecule has 6 nitrogen and oxygen atoms in total. The summed E-state index contributed by atoms with van der Waals surface area (Å²) in [6.45, 7) is -0.493. The van der Waals surface area contributed by atoms with Gasteiger partial charge in [-0.05, 0) is 36.4 Å². The number of ether oxygens (including phenoxy) is 1. The Morgan fingerprint density at radius 2 is 1.82 bits per heavy atom. The molecule has 0 radical (unpaired) electrons. The minimum Gasteiger partial charge on any atom is -0.454 e. The van der Waals surface area contributed by atoms with Gasteiger partial charge in [0.25, 0.3) is 0 Å². The highest BCUT2D eigenvalue weighted by Gasteiger charge is 2.37. The van der Waals surface area contributed by atoms with Gasteiger partial charge in [0, 0.05) is 23.9 Å². The molecule has 0 spiro atoms. The van der Waals surface area contributed by atoms with E-state index in [1.165, 1.54) is 25.2 Å². The highest BCUT2D eigenvalue weighted by atomic mass is 32.2. The van der Waals surface area contributed by atoms with Crippen molar-refractivity contribution in [1.82, 2.24) is 4.90 Å². The van der Waals surface area contributed by atoms with Gasteiger partial charge in [-0.2, -0.15) is 0 Å². The molecule has 1 saturated heterocycles. The summed E-state index contributed by atoms with van der Waals surface area (Å²) >= 11 is 1.11. The quantitative estimate of drug-likeness (QED) is 0.421. The Kier molecular flexibility index (Phi) is 5.89. The topological polar surface area (TPSA) is 80.8 Å². The summed E-state index contributed by atoms with van der Waals surface area (Å²) in [5.74, 6) is -2.23. The highest BCUT2D eigenvalue weighted by molar-refractivity contribution is 8.00. The average Bonchev–Trinajstić information content (AvgIpc) is 2.93. The molecular formula is C20H16FNO5S. The third-order valence-corrected chi connectivity index (χ3v) is 5.48. The van der Waals surface area contributed by atoms with Crippen LogP contribution in [0, 0.1) is 5.82 Å². The summed E-state index contributed by atoms with van der Waals surface area (Å²) in [5.41, 5.74) is 0.434. The summed E-state index contributed by atoms with van der Waals surface area (Å²) < 4.78 is 18.0. The first-order valence-corrected chi connectivity index (χ1v) is 9.26. The maximum atomic E-state index is 12.9. The Morgan fingerprint density at radius 1 is 1.14 bits per heavy atom. The highest BCUT2D eigenvalue weighted by Crippen LogP contribution is 2.33. The van der Waals surface area contributed by atoms with Crippen LogP contribution in [0.25, 0.3) is 0 Å². The SMILES string of the molecule is CN1C(=O)CC(Sc2ccccc2C(=O)OCC(=O)c2ccc(F)cc2)C1=O. The normalized spacial score (nSPS) is 16.4. The number of esters is 1. The monoisotopic (exact) mass is 401 g/mol. The van der Waals surface area contributed by atoms with Gasteiger partial charge < -0.3 is 4.74 Å². The number of rotatable bonds is 6. The number of carbonyl (C=O) groups is 4. The van der Waals surface area contributed by atoms with Crippen LogP contribution in [-0.2, 0) is 14.3 Å². The smallest absolute Gasteiger partial charge is 0.339 e. The Labute approximate surface area is 164 Å². The lowest BCUT2D eigenvalue weighted by Gasteiger charge is -2.12. The number of Topliss-reactive ketones (excluding diaryl/α,β-unsaturated/α-hetero) is 1. The molecule has 8 heteroatoms. The van der Waals surface area contributed by atoms with Crippen molar-refractivity contribution in [2.45, 2.75) is 16.6 Å². The van der Waals surface area contributed by atoms with Crippen LogP contribution in [0.5, 0.6) is 0 Å². The molecule has 1 unspecified atom stereocenters. The van der Waals surface area contributed by atoms with E-state index in [1.807, 2.05) is 0 Å². The Hall–Kier alpha value is -3.00. The van der Waals surface area contributed by atoms with Crippen molar-refractivity contribution >= 4 is 35.3 Å². The van der Waals surface area contributed by atoms with E-state index in [9.17, 15) is 23.6 Å². The standard InChI is InChI=1S/C20H16FNO5S/c1-22-18(24)10-17(19(22)25)28-16-5-3-2-4-14(16)20(26)27-11-15(23)12-6-8-13(21)9-7-12/h2-9,17H,10-11H2,1H3. The first-order valence-electron chi connectivity index (χ1n) is 8.39. The van der Waals surface area contributed by atoms with Gasteiger partial charge in [0.05, 0.1) is 10.8 Å². The number of nitrogens with zero attached hydrogens (tertiary/aromatic N) is 1. The number of benzene rings is 2. The summed E-state index contributed by atoms with van der Waals surface area (Å²) in [5, 5.41) is -0.604. The van der Waals surface area contributed by atoms with Crippen LogP contribution in [0.2, 0.25) is 0 Å². The number of amides is 2. The molecule has 3 rings (SSSR count). The molecule has 1 atom stereocenters. The Bertz CT molecular complexity index is 944. The minimum absolute atomic E-state index is 0.0619. The molecule has 0 aliphatic carbocycles. The van der Waals surface area contributed by atoms with Crippen LogP contribution in [0.4, 0.5) is 4.39 Å². The van der Waals surface area contributed by atoms with Gasteiger partial charge >= 0.3 is 5.97 Å². The molecule has 0 saturated carbocycles. The van der Waals surface area contributed by atoms with E-state index in [4.69, 9.17) is 4.74 Å². The molecule has 2 amide bonds. The van der Waals surface area contributed by atoms with Crippen molar-refractivity contribution in [2.75, 3.05) is 13.7 Å². The third-order valence-electron chi connectivity index (χ3n) is 4.22. The second-order valence-corrected chi connectivity index (χ2v) is 7.35. The van der Waals surface area contributed by atoms with Crippen LogP contribution in [0.3, 0.4) is 0 Å². The molecule has 1 fully saturated rings. The first-order chi connectivity index (χ1) is 13.4. The van der Waals surface area contributed by atoms with Crippen molar-refractivity contribution in [3.63, 3.8) is 0 Å². The Balaban J connectivity index is 1.67.